The highest BCUT2D eigenvalue weighted by Crippen LogP contribution is 2.53. The maximum atomic E-state index is 14.1. The quantitative estimate of drug-likeness (QED) is 0.120. The Hall–Kier alpha value is -6.74. The first-order valence-electron chi connectivity index (χ1n) is 21.7. The average molecular weight is 943 g/mol. The first kappa shape index (κ1) is 41.9. The number of nitrogens with zero attached hydrogens (tertiary/aromatic N) is 1. The summed E-state index contributed by atoms with van der Waals surface area (Å²) in [6.45, 7) is 2.26. The molecule has 0 fully saturated rings. The summed E-state index contributed by atoms with van der Waals surface area (Å²) in [6.07, 6.45) is -9.00. The van der Waals surface area contributed by atoms with Crippen molar-refractivity contribution in [1.82, 2.24) is 0 Å². The fraction of sp³-hybridized carbons (Fsp3) is 0.103. The molecule has 0 aromatic heterocycles. The van der Waals surface area contributed by atoms with E-state index in [0.29, 0.717) is 41.8 Å². The van der Waals surface area contributed by atoms with Gasteiger partial charge in [0.25, 0.3) is 0 Å². The third-order valence-electron chi connectivity index (χ3n) is 13.9. The SMILES string of the molecule is FC(F)(F)c1ccc(-c2cc3ccccc3c3c2C[N+]2(Cc4ccc5ccccc5c4-c4c(ccc5ccccc45)C2)Cc2c(-c4ccc(C(F)(F)F)cc4)cc4ccccc4c2-3)cc1.[Br-]. The highest BCUT2D eigenvalue weighted by Gasteiger charge is 2.42. The summed E-state index contributed by atoms with van der Waals surface area (Å²) >= 11 is 0. The molecule has 10 aromatic carbocycles. The lowest BCUT2D eigenvalue weighted by Gasteiger charge is -2.39. The van der Waals surface area contributed by atoms with Crippen LogP contribution in [-0.2, 0) is 38.5 Å². The van der Waals surface area contributed by atoms with Crippen LogP contribution in [0.2, 0.25) is 0 Å². The van der Waals surface area contributed by atoms with Crippen LogP contribution in [0.25, 0.3) is 87.6 Å². The molecule has 0 N–H and O–H groups in total. The Kier molecular flexibility index (Phi) is 9.80. The number of hydrogen-bond donors (Lipinski definition) is 0. The van der Waals surface area contributed by atoms with Gasteiger partial charge in [-0.3, -0.25) is 0 Å². The minimum absolute atomic E-state index is 0. The first-order valence-corrected chi connectivity index (χ1v) is 21.7. The predicted octanol–water partition coefficient (Wildman–Crippen LogP) is 13.6. The summed E-state index contributed by atoms with van der Waals surface area (Å²) in [4.78, 5) is 0. The molecule has 0 bridgehead atoms. The highest BCUT2D eigenvalue weighted by molar-refractivity contribution is 6.12. The third kappa shape index (κ3) is 6.80. The highest BCUT2D eigenvalue weighted by atomic mass is 79.9. The molecule has 0 saturated carbocycles. The lowest BCUT2D eigenvalue weighted by Crippen LogP contribution is -3.00. The smallest absolute Gasteiger partial charge is 0.416 e. The van der Waals surface area contributed by atoms with Gasteiger partial charge in [-0.2, -0.15) is 26.3 Å². The van der Waals surface area contributed by atoms with Crippen LogP contribution in [0.1, 0.15) is 33.4 Å². The van der Waals surface area contributed by atoms with E-state index in [0.717, 1.165) is 76.5 Å². The number of benzene rings is 10. The molecule has 0 amide bonds. The Morgan fingerprint density at radius 1 is 0.333 bits per heavy atom. The fourth-order valence-electron chi connectivity index (χ4n) is 11.1. The molecule has 10 aromatic rings. The van der Waals surface area contributed by atoms with Crippen LogP contribution < -0.4 is 17.0 Å². The second kappa shape index (κ2) is 15.4. The Morgan fingerprint density at radius 2 is 0.667 bits per heavy atom. The number of hydrogen-bond acceptors (Lipinski definition) is 0. The molecule has 0 radical (unpaired) electrons. The van der Waals surface area contributed by atoms with E-state index in [1.165, 1.54) is 46.5 Å². The predicted molar refractivity (Wildman–Crippen MR) is 250 cm³/mol. The normalized spacial score (nSPS) is 14.3. The van der Waals surface area contributed by atoms with E-state index in [9.17, 15) is 26.3 Å². The molecule has 1 spiro atoms. The van der Waals surface area contributed by atoms with Crippen molar-refractivity contribution in [2.75, 3.05) is 0 Å². The lowest BCUT2D eigenvalue weighted by molar-refractivity contribution is -0.977. The average Bonchev–Trinajstić information content (AvgIpc) is 3.55. The molecular weight excluding hydrogens is 905 g/mol. The van der Waals surface area contributed by atoms with E-state index in [4.69, 9.17) is 0 Å². The van der Waals surface area contributed by atoms with Crippen LogP contribution in [0.3, 0.4) is 0 Å². The molecule has 2 aliphatic rings. The lowest BCUT2D eigenvalue weighted by atomic mass is 9.82. The van der Waals surface area contributed by atoms with Gasteiger partial charge in [0, 0.05) is 33.4 Å². The van der Waals surface area contributed by atoms with Crippen LogP contribution in [0.4, 0.5) is 26.3 Å². The molecule has 2 heterocycles. The third-order valence-corrected chi connectivity index (χ3v) is 13.9. The number of fused-ring (bicyclic) bond motifs is 14. The molecule has 0 atom stereocenters. The second-order valence-corrected chi connectivity index (χ2v) is 17.8. The molecule has 66 heavy (non-hydrogen) atoms. The summed E-state index contributed by atoms with van der Waals surface area (Å²) in [5.41, 5.74) is 10.4. The van der Waals surface area contributed by atoms with Crippen molar-refractivity contribution in [3.8, 4) is 44.5 Å². The zero-order valence-electron chi connectivity index (χ0n) is 35.2. The minimum atomic E-state index is -4.50. The van der Waals surface area contributed by atoms with E-state index in [1.807, 2.05) is 24.3 Å². The van der Waals surface area contributed by atoms with Crippen molar-refractivity contribution >= 4 is 43.1 Å². The van der Waals surface area contributed by atoms with E-state index in [-0.39, 0.29) is 17.0 Å². The van der Waals surface area contributed by atoms with Crippen LogP contribution in [-0.4, -0.2) is 4.48 Å². The van der Waals surface area contributed by atoms with Gasteiger partial charge in [-0.05, 0) is 113 Å². The summed E-state index contributed by atoms with van der Waals surface area (Å²) in [7, 11) is 0. The monoisotopic (exact) mass is 941 g/mol. The second-order valence-electron chi connectivity index (χ2n) is 17.8. The largest absolute Gasteiger partial charge is 1.00 e. The van der Waals surface area contributed by atoms with E-state index < -0.39 is 23.5 Å². The molecule has 8 heteroatoms. The van der Waals surface area contributed by atoms with Crippen LogP contribution in [0.5, 0.6) is 0 Å². The number of halogens is 7. The van der Waals surface area contributed by atoms with Crippen molar-refractivity contribution in [1.29, 1.82) is 0 Å². The standard InChI is InChI=1S/C58H38F6N.BrH/c59-57(60,61)43-25-21-37(22-26-43)49-29-39-11-3-7-15-47(39)55-51(49)33-65(34-52-50(30-40-12-4-8-16-48(40)56(52)55)38-23-27-44(28-24-38)58(62,63)64)31-41-19-17-35-9-1-5-13-45(35)53(41)54-42(32-65)20-18-36-10-2-6-14-46(36)54;/h1-30H,31-34H2;1H/q+1;/p-1. The van der Waals surface area contributed by atoms with Gasteiger partial charge in [-0.15, -0.1) is 0 Å². The van der Waals surface area contributed by atoms with Crippen molar-refractivity contribution in [2.45, 2.75) is 38.5 Å². The van der Waals surface area contributed by atoms with Gasteiger partial charge < -0.3 is 21.5 Å². The van der Waals surface area contributed by atoms with Gasteiger partial charge in [0.2, 0.25) is 0 Å². The van der Waals surface area contributed by atoms with E-state index in [2.05, 4.69) is 109 Å². The fourth-order valence-corrected chi connectivity index (χ4v) is 11.1. The van der Waals surface area contributed by atoms with E-state index >= 15 is 0 Å². The van der Waals surface area contributed by atoms with Gasteiger partial charge >= 0.3 is 12.4 Å². The zero-order valence-corrected chi connectivity index (χ0v) is 36.8. The van der Waals surface area contributed by atoms with Crippen molar-refractivity contribution in [2.24, 2.45) is 0 Å². The topological polar surface area (TPSA) is 0 Å². The summed E-state index contributed by atoms with van der Waals surface area (Å²) in [5, 5.41) is 8.47. The van der Waals surface area contributed by atoms with Crippen LogP contribution in [0.15, 0.2) is 182 Å². The van der Waals surface area contributed by atoms with Crippen molar-refractivity contribution in [3.05, 3.63) is 215 Å². The van der Waals surface area contributed by atoms with E-state index in [1.54, 1.807) is 24.3 Å². The molecular formula is C58H38BrF6N. The Balaban J connectivity index is 0.00000481. The van der Waals surface area contributed by atoms with Gasteiger partial charge in [-0.1, -0.05) is 146 Å². The molecule has 1 nitrogen and oxygen atoms in total. The van der Waals surface area contributed by atoms with Crippen LogP contribution >= 0.6 is 0 Å². The van der Waals surface area contributed by atoms with Crippen molar-refractivity contribution in [3.63, 3.8) is 0 Å². The summed E-state index contributed by atoms with van der Waals surface area (Å²) < 4.78 is 85.0. The molecule has 2 aliphatic heterocycles. The van der Waals surface area contributed by atoms with Gasteiger partial charge in [-0.25, -0.2) is 0 Å². The molecule has 324 valence electrons. The number of alkyl halides is 6. The van der Waals surface area contributed by atoms with Crippen LogP contribution in [0, 0.1) is 0 Å². The first-order chi connectivity index (χ1) is 31.4. The molecule has 0 unspecified atom stereocenters. The Labute approximate surface area is 387 Å². The maximum Gasteiger partial charge on any atom is 0.416 e. The molecule has 0 saturated heterocycles. The minimum Gasteiger partial charge on any atom is -1.00 e. The number of quaternary nitrogens is 1. The maximum absolute atomic E-state index is 14.1. The summed E-state index contributed by atoms with van der Waals surface area (Å²) in [6, 6.07) is 57.5. The molecule has 12 rings (SSSR count). The molecule has 0 aliphatic carbocycles. The van der Waals surface area contributed by atoms with Gasteiger partial charge in [0.1, 0.15) is 26.2 Å². The van der Waals surface area contributed by atoms with Gasteiger partial charge in [0.15, 0.2) is 0 Å². The number of rotatable bonds is 2. The van der Waals surface area contributed by atoms with Crippen molar-refractivity contribution < 1.29 is 47.8 Å². The zero-order chi connectivity index (χ0) is 44.2. The Bertz CT molecular complexity index is 3330. The Morgan fingerprint density at radius 3 is 1.03 bits per heavy atom. The van der Waals surface area contributed by atoms with Gasteiger partial charge in [0.05, 0.1) is 11.1 Å². The summed E-state index contributed by atoms with van der Waals surface area (Å²) in [5.74, 6) is 0.